The highest BCUT2D eigenvalue weighted by Gasteiger charge is 2.52. The molecule has 0 fully saturated rings. The predicted octanol–water partition coefficient (Wildman–Crippen LogP) is 5.73. The summed E-state index contributed by atoms with van der Waals surface area (Å²) >= 11 is 6.58. The number of hydrogen-bond acceptors (Lipinski definition) is 1. The number of carbonyl (C=O) groups excluding carboxylic acids is 1. The molecule has 0 saturated carbocycles. The maximum atomic E-state index is 13.4. The predicted molar refractivity (Wildman–Crippen MR) is 97.7 cm³/mol. The molecule has 0 spiro atoms. The van der Waals surface area contributed by atoms with E-state index in [4.69, 9.17) is 11.6 Å². The molecular weight excluding hydrogens is 363 g/mol. The summed E-state index contributed by atoms with van der Waals surface area (Å²) in [7, 11) is 1.49. The fourth-order valence-electron chi connectivity index (χ4n) is 3.52. The normalized spacial score (nSPS) is 22.2. The molecule has 6 heteroatoms. The van der Waals surface area contributed by atoms with Gasteiger partial charge in [-0.05, 0) is 24.1 Å². The van der Waals surface area contributed by atoms with Crippen LogP contribution in [0.2, 0.25) is 0 Å². The Bertz CT molecular complexity index is 876. The highest BCUT2D eigenvalue weighted by atomic mass is 35.5. The molecule has 0 aliphatic carbocycles. The van der Waals surface area contributed by atoms with Crippen LogP contribution in [0.4, 0.5) is 18.9 Å². The number of para-hydroxylation sites is 1. The minimum absolute atomic E-state index is 0.159. The summed E-state index contributed by atoms with van der Waals surface area (Å²) in [6.45, 7) is 1.32. The Balaban J connectivity index is 2.34. The third kappa shape index (κ3) is 3.12. The quantitative estimate of drug-likeness (QED) is 0.652. The zero-order valence-corrected chi connectivity index (χ0v) is 15.0. The van der Waals surface area contributed by atoms with Crippen LogP contribution in [0.5, 0.6) is 0 Å². The smallest absolute Gasteiger partial charge is 0.314 e. The maximum Gasteiger partial charge on any atom is 0.390 e. The van der Waals surface area contributed by atoms with Crippen molar-refractivity contribution in [1.82, 2.24) is 0 Å². The lowest BCUT2D eigenvalue weighted by Gasteiger charge is -2.42. The van der Waals surface area contributed by atoms with E-state index in [2.05, 4.69) is 0 Å². The van der Waals surface area contributed by atoms with Gasteiger partial charge >= 0.3 is 6.18 Å². The summed E-state index contributed by atoms with van der Waals surface area (Å²) in [5, 5.41) is 0.159. The summed E-state index contributed by atoms with van der Waals surface area (Å²) in [6.07, 6.45) is -5.80. The van der Waals surface area contributed by atoms with Crippen LogP contribution in [0.1, 0.15) is 24.5 Å². The first-order valence-electron chi connectivity index (χ1n) is 8.05. The molecule has 2 aromatic carbocycles. The fourth-order valence-corrected chi connectivity index (χ4v) is 3.95. The van der Waals surface area contributed by atoms with Gasteiger partial charge in [-0.15, -0.1) is 0 Å². The second kappa shape index (κ2) is 6.47. The van der Waals surface area contributed by atoms with Gasteiger partial charge in [0.1, 0.15) is 0 Å². The van der Waals surface area contributed by atoms with Crippen molar-refractivity contribution in [3.63, 3.8) is 0 Å². The largest absolute Gasteiger partial charge is 0.390 e. The number of carbonyl (C=O) groups is 1. The van der Waals surface area contributed by atoms with Crippen molar-refractivity contribution in [2.75, 3.05) is 11.9 Å². The fraction of sp³-hybridized carbons (Fsp3) is 0.250. The Morgan fingerprint density at radius 3 is 2.27 bits per heavy atom. The molecule has 0 radical (unpaired) electrons. The molecule has 1 aliphatic rings. The lowest BCUT2D eigenvalue weighted by Crippen LogP contribution is -2.47. The highest BCUT2D eigenvalue weighted by Crippen LogP contribution is 2.54. The SMILES string of the molecule is CN1C(=O)C(C)(CC(F)(F)F)/C(=C(/Cl)c2ccccc2)c2ccccc21. The van der Waals surface area contributed by atoms with Crippen LogP contribution in [-0.2, 0) is 4.79 Å². The Labute approximate surface area is 154 Å². The van der Waals surface area contributed by atoms with Gasteiger partial charge in [-0.2, -0.15) is 13.2 Å². The van der Waals surface area contributed by atoms with Crippen molar-refractivity contribution in [2.24, 2.45) is 5.41 Å². The van der Waals surface area contributed by atoms with Crippen LogP contribution in [0.25, 0.3) is 10.6 Å². The molecule has 3 rings (SSSR count). The molecule has 0 aromatic heterocycles. The molecule has 0 N–H and O–H groups in total. The number of amides is 1. The van der Waals surface area contributed by atoms with Crippen molar-refractivity contribution < 1.29 is 18.0 Å². The van der Waals surface area contributed by atoms with E-state index in [-0.39, 0.29) is 10.6 Å². The number of nitrogens with zero attached hydrogens (tertiary/aromatic N) is 1. The van der Waals surface area contributed by atoms with Gasteiger partial charge < -0.3 is 4.90 Å². The number of alkyl halides is 3. The van der Waals surface area contributed by atoms with E-state index in [0.29, 0.717) is 16.8 Å². The number of benzene rings is 2. The molecule has 1 atom stereocenters. The van der Waals surface area contributed by atoms with Crippen LogP contribution in [0, 0.1) is 5.41 Å². The van der Waals surface area contributed by atoms with E-state index in [1.54, 1.807) is 54.6 Å². The van der Waals surface area contributed by atoms with E-state index in [9.17, 15) is 18.0 Å². The van der Waals surface area contributed by atoms with Crippen molar-refractivity contribution >= 4 is 33.8 Å². The van der Waals surface area contributed by atoms with Gasteiger partial charge in [0.05, 0.1) is 22.6 Å². The molecule has 1 unspecified atom stereocenters. The van der Waals surface area contributed by atoms with Crippen molar-refractivity contribution in [3.05, 3.63) is 65.7 Å². The first-order chi connectivity index (χ1) is 12.1. The summed E-state index contributed by atoms with van der Waals surface area (Å²) in [5.74, 6) is -0.627. The first-order valence-corrected chi connectivity index (χ1v) is 8.43. The summed E-state index contributed by atoms with van der Waals surface area (Å²) in [5.41, 5.74) is 0.0522. The van der Waals surface area contributed by atoms with Gasteiger partial charge in [0, 0.05) is 12.6 Å². The van der Waals surface area contributed by atoms with Gasteiger partial charge in [-0.25, -0.2) is 0 Å². The van der Waals surface area contributed by atoms with Crippen molar-refractivity contribution in [3.8, 4) is 0 Å². The molecule has 2 nitrogen and oxygen atoms in total. The molecule has 1 aliphatic heterocycles. The van der Waals surface area contributed by atoms with Gasteiger partial charge in [-0.1, -0.05) is 60.1 Å². The topological polar surface area (TPSA) is 20.3 Å². The minimum Gasteiger partial charge on any atom is -0.314 e. The van der Waals surface area contributed by atoms with E-state index in [0.717, 1.165) is 0 Å². The molecule has 1 heterocycles. The number of hydrogen-bond donors (Lipinski definition) is 0. The van der Waals surface area contributed by atoms with Crippen molar-refractivity contribution in [1.29, 1.82) is 0 Å². The van der Waals surface area contributed by atoms with Crippen LogP contribution >= 0.6 is 11.6 Å². The van der Waals surface area contributed by atoms with Crippen LogP contribution in [-0.4, -0.2) is 19.1 Å². The second-order valence-corrected chi connectivity index (χ2v) is 6.94. The van der Waals surface area contributed by atoms with Crippen LogP contribution in [0.3, 0.4) is 0 Å². The first kappa shape index (κ1) is 18.5. The zero-order chi connectivity index (χ0) is 19.1. The standard InChI is InChI=1S/C20H17ClF3NO/c1-19(12-20(22,23)24)16(17(21)13-8-4-3-5-9-13)14-10-6-7-11-15(14)25(2)18(19)26/h3-11H,12H2,1-2H3/b17-16+. The Morgan fingerprint density at radius 2 is 1.65 bits per heavy atom. The molecule has 0 saturated heterocycles. The Kier molecular flexibility index (Phi) is 4.61. The third-order valence-electron chi connectivity index (χ3n) is 4.66. The monoisotopic (exact) mass is 379 g/mol. The molecule has 136 valence electrons. The summed E-state index contributed by atoms with van der Waals surface area (Å²) in [6, 6.07) is 15.6. The van der Waals surface area contributed by atoms with Gasteiger partial charge in [0.15, 0.2) is 0 Å². The number of anilines is 1. The van der Waals surface area contributed by atoms with Gasteiger partial charge in [-0.3, -0.25) is 4.79 Å². The minimum atomic E-state index is -4.52. The highest BCUT2D eigenvalue weighted by molar-refractivity contribution is 6.53. The summed E-state index contributed by atoms with van der Waals surface area (Å²) < 4.78 is 40.1. The average molecular weight is 380 g/mol. The van der Waals surface area contributed by atoms with E-state index < -0.39 is 23.9 Å². The maximum absolute atomic E-state index is 13.4. The van der Waals surface area contributed by atoms with E-state index in [1.165, 1.54) is 18.9 Å². The van der Waals surface area contributed by atoms with Gasteiger partial charge in [0.25, 0.3) is 0 Å². The number of rotatable bonds is 2. The van der Waals surface area contributed by atoms with Crippen molar-refractivity contribution in [2.45, 2.75) is 19.5 Å². The number of halogens is 4. The average Bonchev–Trinajstić information content (AvgIpc) is 2.59. The third-order valence-corrected chi connectivity index (χ3v) is 5.07. The summed E-state index contributed by atoms with van der Waals surface area (Å²) in [4.78, 5) is 14.2. The molecule has 0 bridgehead atoms. The van der Waals surface area contributed by atoms with Crippen LogP contribution in [0.15, 0.2) is 54.6 Å². The van der Waals surface area contributed by atoms with Gasteiger partial charge in [0.2, 0.25) is 5.91 Å². The van der Waals surface area contributed by atoms with E-state index in [1.807, 2.05) is 0 Å². The second-order valence-electron chi connectivity index (χ2n) is 6.56. The molecule has 26 heavy (non-hydrogen) atoms. The molecule has 2 aromatic rings. The molecule has 1 amide bonds. The number of fused-ring (bicyclic) bond motifs is 1. The zero-order valence-electron chi connectivity index (χ0n) is 14.3. The molecular formula is C20H17ClF3NO. The lowest BCUT2D eigenvalue weighted by molar-refractivity contribution is -0.158. The van der Waals surface area contributed by atoms with E-state index >= 15 is 0 Å². The Hall–Kier alpha value is -2.27. The van der Waals surface area contributed by atoms with Crippen LogP contribution < -0.4 is 4.90 Å². The lowest BCUT2D eigenvalue weighted by atomic mass is 9.71. The Morgan fingerprint density at radius 1 is 1.08 bits per heavy atom.